The average Bonchev–Trinajstić information content (AvgIpc) is 2.76. The van der Waals surface area contributed by atoms with Gasteiger partial charge in [-0.05, 0) is 11.6 Å². The molecule has 0 spiro atoms. The topological polar surface area (TPSA) is 59.8 Å². The van der Waals surface area contributed by atoms with Crippen molar-refractivity contribution in [1.82, 2.24) is 14.8 Å². The molecular formula is C11H9ClN4O. The maximum absolute atomic E-state index is 11.6. The van der Waals surface area contributed by atoms with E-state index in [2.05, 4.69) is 15.4 Å². The lowest BCUT2D eigenvalue weighted by Crippen LogP contribution is -2.29. The van der Waals surface area contributed by atoms with E-state index in [-0.39, 0.29) is 11.9 Å². The molecule has 0 saturated carbocycles. The van der Waals surface area contributed by atoms with Crippen molar-refractivity contribution in [3.8, 4) is 0 Å². The summed E-state index contributed by atoms with van der Waals surface area (Å²) in [6.45, 7) is 0. The first-order valence-corrected chi connectivity index (χ1v) is 5.57. The summed E-state index contributed by atoms with van der Waals surface area (Å²) in [4.78, 5) is 15.6. The van der Waals surface area contributed by atoms with Crippen LogP contribution in [0.3, 0.4) is 0 Å². The Labute approximate surface area is 102 Å². The number of amides is 1. The number of carbonyl (C=O) groups excluding carboxylic acids is 1. The van der Waals surface area contributed by atoms with E-state index in [0.717, 1.165) is 5.56 Å². The zero-order chi connectivity index (χ0) is 11.8. The molecule has 86 valence electrons. The number of rotatable bonds is 1. The Morgan fingerprint density at radius 2 is 2.24 bits per heavy atom. The van der Waals surface area contributed by atoms with E-state index in [9.17, 15) is 4.79 Å². The first-order valence-electron chi connectivity index (χ1n) is 5.19. The van der Waals surface area contributed by atoms with Gasteiger partial charge in [0.05, 0.1) is 12.5 Å². The lowest BCUT2D eigenvalue weighted by molar-refractivity contribution is -0.117. The molecule has 0 fully saturated rings. The van der Waals surface area contributed by atoms with Gasteiger partial charge in [0.1, 0.15) is 6.33 Å². The maximum atomic E-state index is 11.6. The maximum Gasteiger partial charge on any atom is 0.229 e. The van der Waals surface area contributed by atoms with E-state index in [4.69, 9.17) is 11.6 Å². The van der Waals surface area contributed by atoms with Crippen LogP contribution in [0.15, 0.2) is 30.6 Å². The first kappa shape index (κ1) is 10.3. The van der Waals surface area contributed by atoms with Crippen molar-refractivity contribution >= 4 is 23.5 Å². The van der Waals surface area contributed by atoms with E-state index in [0.29, 0.717) is 17.4 Å². The summed E-state index contributed by atoms with van der Waals surface area (Å²) >= 11 is 6.15. The van der Waals surface area contributed by atoms with Gasteiger partial charge in [-0.3, -0.25) is 10.1 Å². The van der Waals surface area contributed by atoms with Crippen molar-refractivity contribution in [3.63, 3.8) is 0 Å². The van der Waals surface area contributed by atoms with Gasteiger partial charge >= 0.3 is 0 Å². The third kappa shape index (κ3) is 1.68. The molecule has 0 radical (unpaired) electrons. The first-order chi connectivity index (χ1) is 8.25. The summed E-state index contributed by atoms with van der Waals surface area (Å²) in [6, 6.07) is 7.27. The molecule has 1 aromatic heterocycles. The number of anilines is 1. The highest BCUT2D eigenvalue weighted by Gasteiger charge is 2.28. The van der Waals surface area contributed by atoms with Crippen LogP contribution in [0.25, 0.3) is 0 Å². The quantitative estimate of drug-likeness (QED) is 0.838. The summed E-state index contributed by atoms with van der Waals surface area (Å²) in [7, 11) is 0. The summed E-state index contributed by atoms with van der Waals surface area (Å²) in [5, 5.41) is 7.42. The minimum absolute atomic E-state index is 0.0737. The number of aromatic nitrogens is 3. The predicted molar refractivity (Wildman–Crippen MR) is 62.9 cm³/mol. The number of hydrogen-bond acceptors (Lipinski definition) is 3. The number of nitrogens with one attached hydrogen (secondary N) is 1. The molecule has 2 aromatic rings. The van der Waals surface area contributed by atoms with E-state index in [1.54, 1.807) is 10.7 Å². The molecular weight excluding hydrogens is 240 g/mol. The molecule has 2 heterocycles. The van der Waals surface area contributed by atoms with Gasteiger partial charge in [-0.15, -0.1) is 0 Å². The minimum atomic E-state index is -0.185. The Morgan fingerprint density at radius 3 is 3.06 bits per heavy atom. The lowest BCUT2D eigenvalue weighted by Gasteiger charge is -2.24. The third-order valence-corrected chi connectivity index (χ3v) is 3.11. The molecule has 1 aliphatic heterocycles. The van der Waals surface area contributed by atoms with Crippen LogP contribution in [0.4, 0.5) is 5.95 Å². The van der Waals surface area contributed by atoms with Crippen LogP contribution in [-0.4, -0.2) is 20.7 Å². The molecule has 0 aliphatic carbocycles. The highest BCUT2D eigenvalue weighted by molar-refractivity contribution is 6.31. The number of nitrogens with zero attached hydrogens (tertiary/aromatic N) is 3. The monoisotopic (exact) mass is 248 g/mol. The molecule has 3 rings (SSSR count). The van der Waals surface area contributed by atoms with Gasteiger partial charge in [0.25, 0.3) is 0 Å². The molecule has 1 atom stereocenters. The highest BCUT2D eigenvalue weighted by Crippen LogP contribution is 2.32. The van der Waals surface area contributed by atoms with Gasteiger partial charge in [0.15, 0.2) is 0 Å². The fourth-order valence-corrected chi connectivity index (χ4v) is 2.25. The van der Waals surface area contributed by atoms with E-state index in [1.807, 2.05) is 18.2 Å². The van der Waals surface area contributed by atoms with Crippen LogP contribution in [0.1, 0.15) is 18.0 Å². The van der Waals surface area contributed by atoms with Crippen molar-refractivity contribution < 1.29 is 4.79 Å². The summed E-state index contributed by atoms with van der Waals surface area (Å²) < 4.78 is 1.68. The second-order valence-corrected chi connectivity index (χ2v) is 4.23. The van der Waals surface area contributed by atoms with Gasteiger partial charge in [-0.2, -0.15) is 10.1 Å². The Hall–Kier alpha value is -1.88. The largest absolute Gasteiger partial charge is 0.295 e. The summed E-state index contributed by atoms with van der Waals surface area (Å²) in [5.74, 6) is 0.390. The van der Waals surface area contributed by atoms with Gasteiger partial charge < -0.3 is 0 Å². The molecule has 1 unspecified atom stereocenters. The van der Waals surface area contributed by atoms with Crippen LogP contribution >= 0.6 is 11.6 Å². The van der Waals surface area contributed by atoms with Crippen LogP contribution in [0, 0.1) is 0 Å². The third-order valence-electron chi connectivity index (χ3n) is 2.76. The van der Waals surface area contributed by atoms with Crippen LogP contribution < -0.4 is 5.32 Å². The molecule has 5 nitrogen and oxygen atoms in total. The van der Waals surface area contributed by atoms with Crippen molar-refractivity contribution in [2.45, 2.75) is 12.5 Å². The van der Waals surface area contributed by atoms with Crippen LogP contribution in [0.2, 0.25) is 5.02 Å². The van der Waals surface area contributed by atoms with Crippen molar-refractivity contribution in [2.24, 2.45) is 0 Å². The van der Waals surface area contributed by atoms with E-state index < -0.39 is 0 Å². The molecule has 1 aromatic carbocycles. The number of hydrogen-bond donors (Lipinski definition) is 1. The second-order valence-electron chi connectivity index (χ2n) is 3.82. The highest BCUT2D eigenvalue weighted by atomic mass is 35.5. The molecule has 1 amide bonds. The van der Waals surface area contributed by atoms with Crippen molar-refractivity contribution in [1.29, 1.82) is 0 Å². The van der Waals surface area contributed by atoms with Gasteiger partial charge in [-0.1, -0.05) is 29.8 Å². The lowest BCUT2D eigenvalue weighted by atomic mass is 10.0. The molecule has 1 N–H and O–H groups in total. The van der Waals surface area contributed by atoms with Gasteiger partial charge in [0.2, 0.25) is 11.9 Å². The van der Waals surface area contributed by atoms with Gasteiger partial charge in [0, 0.05) is 5.02 Å². The Bertz CT molecular complexity index is 580. The number of halogens is 1. The van der Waals surface area contributed by atoms with Gasteiger partial charge in [-0.25, -0.2) is 4.68 Å². The second kappa shape index (κ2) is 3.85. The molecule has 17 heavy (non-hydrogen) atoms. The van der Waals surface area contributed by atoms with Crippen molar-refractivity contribution in [3.05, 3.63) is 41.2 Å². The van der Waals surface area contributed by atoms with E-state index >= 15 is 0 Å². The molecule has 1 aliphatic rings. The zero-order valence-corrected chi connectivity index (χ0v) is 9.55. The smallest absolute Gasteiger partial charge is 0.229 e. The van der Waals surface area contributed by atoms with Crippen LogP contribution in [-0.2, 0) is 4.79 Å². The Morgan fingerprint density at radius 1 is 1.41 bits per heavy atom. The fraction of sp³-hybridized carbons (Fsp3) is 0.182. The predicted octanol–water partition coefficient (Wildman–Crippen LogP) is 1.86. The zero-order valence-electron chi connectivity index (χ0n) is 8.80. The fourth-order valence-electron chi connectivity index (χ4n) is 1.99. The van der Waals surface area contributed by atoms with Crippen molar-refractivity contribution in [2.75, 3.05) is 5.32 Å². The SMILES string of the molecule is O=C1CC(c2ccccc2Cl)n2ncnc2N1. The molecule has 0 bridgehead atoms. The Balaban J connectivity index is 2.11. The molecule has 0 saturated heterocycles. The average molecular weight is 249 g/mol. The minimum Gasteiger partial charge on any atom is -0.295 e. The van der Waals surface area contributed by atoms with E-state index in [1.165, 1.54) is 6.33 Å². The Kier molecular flexibility index (Phi) is 2.33. The number of fused-ring (bicyclic) bond motifs is 1. The number of benzene rings is 1. The number of carbonyl (C=O) groups is 1. The van der Waals surface area contributed by atoms with Crippen LogP contribution in [0.5, 0.6) is 0 Å². The molecule has 6 heteroatoms. The summed E-state index contributed by atoms with van der Waals surface area (Å²) in [5.41, 5.74) is 0.885. The normalized spacial score (nSPS) is 18.6. The standard InChI is InChI=1S/C11H9ClN4O/c12-8-4-2-1-3-7(8)9-5-10(17)15-11-13-6-14-16(9)11/h1-4,6,9H,5H2,(H,13,14,15,17). The summed E-state index contributed by atoms with van der Waals surface area (Å²) in [6.07, 6.45) is 1.74.